The Hall–Kier alpha value is -3.45. The number of hydroxylamine groups is 1. The van der Waals surface area contributed by atoms with Crippen LogP contribution in [0.5, 0.6) is 5.75 Å². The Morgan fingerprint density at radius 2 is 1.88 bits per heavy atom. The summed E-state index contributed by atoms with van der Waals surface area (Å²) in [6.45, 7) is 0.697. The molecule has 2 aromatic carbocycles. The molecule has 3 rings (SSSR count). The van der Waals surface area contributed by atoms with E-state index >= 15 is 0 Å². The van der Waals surface area contributed by atoms with Crippen LogP contribution in [0, 0.1) is 0 Å². The summed E-state index contributed by atoms with van der Waals surface area (Å²) in [6, 6.07) is 12.4. The van der Waals surface area contributed by atoms with E-state index in [1.54, 1.807) is 30.5 Å². The molecule has 1 heterocycles. The molecule has 0 radical (unpaired) electrons. The molecule has 2 aromatic rings. The summed E-state index contributed by atoms with van der Waals surface area (Å²) in [4.78, 5) is 23.0. The Morgan fingerprint density at radius 1 is 1.12 bits per heavy atom. The second kappa shape index (κ2) is 8.09. The first-order valence-corrected chi connectivity index (χ1v) is 7.97. The molecule has 26 heavy (non-hydrogen) atoms. The van der Waals surface area contributed by atoms with Crippen molar-refractivity contribution in [2.75, 3.05) is 6.61 Å². The van der Waals surface area contributed by atoms with Crippen LogP contribution in [0.25, 0.3) is 6.08 Å². The minimum Gasteiger partial charge on any atom is -0.493 e. The minimum atomic E-state index is -0.626. The summed E-state index contributed by atoms with van der Waals surface area (Å²) in [6.07, 6.45) is 5.16. The largest absolute Gasteiger partial charge is 0.493 e. The molecule has 0 aliphatic carbocycles. The van der Waals surface area contributed by atoms with Gasteiger partial charge in [-0.1, -0.05) is 12.1 Å². The molecule has 0 bridgehead atoms. The molecule has 0 unspecified atom stereocenters. The maximum absolute atomic E-state index is 12.1. The van der Waals surface area contributed by atoms with Crippen molar-refractivity contribution >= 4 is 24.1 Å². The van der Waals surface area contributed by atoms with Crippen molar-refractivity contribution in [2.24, 2.45) is 5.10 Å². The second-order valence-corrected chi connectivity index (χ2v) is 5.60. The zero-order chi connectivity index (χ0) is 18.4. The van der Waals surface area contributed by atoms with Crippen molar-refractivity contribution < 1.29 is 19.5 Å². The third kappa shape index (κ3) is 4.34. The molecule has 7 heteroatoms. The lowest BCUT2D eigenvalue weighted by molar-refractivity contribution is -0.124. The van der Waals surface area contributed by atoms with Crippen molar-refractivity contribution in [1.29, 1.82) is 0 Å². The molecule has 0 spiro atoms. The third-order valence-corrected chi connectivity index (χ3v) is 3.80. The highest BCUT2D eigenvalue weighted by Gasteiger charge is 2.11. The molecule has 3 N–H and O–H groups in total. The average Bonchev–Trinajstić information content (AvgIpc) is 3.14. The van der Waals surface area contributed by atoms with Crippen molar-refractivity contribution in [3.8, 4) is 5.75 Å². The molecule has 2 amide bonds. The lowest BCUT2D eigenvalue weighted by atomic mass is 10.1. The standard InChI is InChI=1S/C19H17N3O4/c23-18(22-25)8-4-13-1-5-15(6-2-13)19(24)21-20-12-14-3-7-17-16(11-14)9-10-26-17/h1-8,11-12,25H,9-10H2,(H,21,24)(H,22,23)/b8-4+,20-12+. The normalized spacial score (nSPS) is 12.8. The van der Waals surface area contributed by atoms with Crippen LogP contribution in [0.3, 0.4) is 0 Å². The number of carbonyl (C=O) groups excluding carboxylic acids is 2. The van der Waals surface area contributed by atoms with Gasteiger partial charge in [0.05, 0.1) is 12.8 Å². The van der Waals surface area contributed by atoms with Crippen LogP contribution in [-0.4, -0.2) is 29.8 Å². The first-order chi connectivity index (χ1) is 12.7. The van der Waals surface area contributed by atoms with Gasteiger partial charge in [-0.2, -0.15) is 5.10 Å². The molecule has 0 fully saturated rings. The average molecular weight is 351 g/mol. The number of amides is 2. The molecular weight excluding hydrogens is 334 g/mol. The SMILES string of the molecule is O=C(/C=C/c1ccc(C(=O)N/N=C/c2ccc3c(c2)CCO3)cc1)NO. The van der Waals surface area contributed by atoms with Gasteiger partial charge in [0.15, 0.2) is 0 Å². The van der Waals surface area contributed by atoms with Gasteiger partial charge >= 0.3 is 0 Å². The van der Waals surface area contributed by atoms with E-state index in [1.165, 1.54) is 17.6 Å². The first kappa shape index (κ1) is 17.4. The van der Waals surface area contributed by atoms with Gasteiger partial charge in [0.1, 0.15) is 5.75 Å². The smallest absolute Gasteiger partial charge is 0.271 e. The van der Waals surface area contributed by atoms with Crippen molar-refractivity contribution in [2.45, 2.75) is 6.42 Å². The van der Waals surface area contributed by atoms with Gasteiger partial charge in [0.2, 0.25) is 0 Å². The number of ether oxygens (including phenoxy) is 1. The fourth-order valence-electron chi connectivity index (χ4n) is 2.47. The zero-order valence-electron chi connectivity index (χ0n) is 13.8. The van der Waals surface area contributed by atoms with Gasteiger partial charge in [-0.3, -0.25) is 14.8 Å². The van der Waals surface area contributed by atoms with Gasteiger partial charge in [0.25, 0.3) is 11.8 Å². The van der Waals surface area contributed by atoms with Crippen molar-refractivity contribution in [3.05, 3.63) is 70.8 Å². The zero-order valence-corrected chi connectivity index (χ0v) is 13.8. The predicted molar refractivity (Wildman–Crippen MR) is 96.1 cm³/mol. The Morgan fingerprint density at radius 3 is 2.65 bits per heavy atom. The van der Waals surface area contributed by atoms with Crippen LogP contribution >= 0.6 is 0 Å². The van der Waals surface area contributed by atoms with Crippen molar-refractivity contribution in [1.82, 2.24) is 10.9 Å². The second-order valence-electron chi connectivity index (χ2n) is 5.60. The number of fused-ring (bicyclic) bond motifs is 1. The van der Waals surface area contributed by atoms with Crippen LogP contribution in [-0.2, 0) is 11.2 Å². The van der Waals surface area contributed by atoms with Gasteiger partial charge < -0.3 is 4.74 Å². The van der Waals surface area contributed by atoms with Crippen molar-refractivity contribution in [3.63, 3.8) is 0 Å². The van der Waals surface area contributed by atoms with E-state index in [9.17, 15) is 9.59 Å². The first-order valence-electron chi connectivity index (χ1n) is 7.97. The molecular formula is C19H17N3O4. The number of nitrogens with one attached hydrogen (secondary N) is 2. The van der Waals surface area contributed by atoms with Crippen LogP contribution in [0.4, 0.5) is 0 Å². The number of hydrazone groups is 1. The van der Waals surface area contributed by atoms with E-state index < -0.39 is 5.91 Å². The predicted octanol–water partition coefficient (Wildman–Crippen LogP) is 1.90. The molecule has 0 saturated carbocycles. The van der Waals surface area contributed by atoms with E-state index in [1.807, 2.05) is 18.2 Å². The molecule has 1 aliphatic heterocycles. The highest BCUT2D eigenvalue weighted by Crippen LogP contribution is 2.25. The summed E-state index contributed by atoms with van der Waals surface area (Å²) < 4.78 is 5.45. The fraction of sp³-hybridized carbons (Fsp3) is 0.105. The Bertz CT molecular complexity index is 873. The van der Waals surface area contributed by atoms with Crippen LogP contribution in [0.15, 0.2) is 53.6 Å². The lowest BCUT2D eigenvalue weighted by Gasteiger charge is -2.02. The van der Waals surface area contributed by atoms with Crippen LogP contribution in [0.2, 0.25) is 0 Å². The molecule has 0 aromatic heterocycles. The number of nitrogens with zero attached hydrogens (tertiary/aromatic N) is 1. The fourth-order valence-corrected chi connectivity index (χ4v) is 2.47. The number of carbonyl (C=O) groups is 2. The van der Waals surface area contributed by atoms with Gasteiger partial charge in [-0.05, 0) is 53.1 Å². The summed E-state index contributed by atoms with van der Waals surface area (Å²) in [7, 11) is 0. The summed E-state index contributed by atoms with van der Waals surface area (Å²) in [5.74, 6) is -0.0644. The molecule has 7 nitrogen and oxygen atoms in total. The number of benzene rings is 2. The van der Waals surface area contributed by atoms with Gasteiger partial charge in [-0.15, -0.1) is 0 Å². The maximum Gasteiger partial charge on any atom is 0.271 e. The summed E-state index contributed by atoms with van der Waals surface area (Å²) >= 11 is 0. The van der Waals surface area contributed by atoms with Gasteiger partial charge in [-0.25, -0.2) is 10.9 Å². The Kier molecular flexibility index (Phi) is 5.40. The highest BCUT2D eigenvalue weighted by atomic mass is 16.5. The summed E-state index contributed by atoms with van der Waals surface area (Å²) in [5.41, 5.74) is 7.16. The van der Waals surface area contributed by atoms with E-state index in [4.69, 9.17) is 9.94 Å². The lowest BCUT2D eigenvalue weighted by Crippen LogP contribution is -2.17. The highest BCUT2D eigenvalue weighted by molar-refractivity contribution is 5.95. The number of hydrogen-bond acceptors (Lipinski definition) is 5. The number of hydrogen-bond donors (Lipinski definition) is 3. The monoisotopic (exact) mass is 351 g/mol. The van der Waals surface area contributed by atoms with E-state index in [-0.39, 0.29) is 5.91 Å². The number of rotatable bonds is 5. The van der Waals surface area contributed by atoms with E-state index in [0.29, 0.717) is 17.7 Å². The topological polar surface area (TPSA) is 100 Å². The molecule has 1 aliphatic rings. The van der Waals surface area contributed by atoms with Crippen LogP contribution in [0.1, 0.15) is 27.0 Å². The van der Waals surface area contributed by atoms with Gasteiger partial charge in [0, 0.05) is 18.1 Å². The Balaban J connectivity index is 1.58. The Labute approximate surface area is 149 Å². The third-order valence-electron chi connectivity index (χ3n) is 3.80. The summed E-state index contributed by atoms with van der Waals surface area (Å²) in [5, 5.41) is 12.4. The molecule has 0 saturated heterocycles. The molecule has 0 atom stereocenters. The molecule has 132 valence electrons. The quantitative estimate of drug-likeness (QED) is 0.331. The van der Waals surface area contributed by atoms with Crippen LogP contribution < -0.4 is 15.6 Å². The minimum absolute atomic E-state index is 0.339. The van der Waals surface area contributed by atoms with E-state index in [0.717, 1.165) is 23.3 Å². The van der Waals surface area contributed by atoms with E-state index in [2.05, 4.69) is 10.5 Å². The maximum atomic E-state index is 12.1.